The molecule has 0 radical (unpaired) electrons. The summed E-state index contributed by atoms with van der Waals surface area (Å²) in [5, 5.41) is 6.13. The zero-order valence-electron chi connectivity index (χ0n) is 11.5. The van der Waals surface area contributed by atoms with Gasteiger partial charge in [0, 0.05) is 34.6 Å². The minimum Gasteiger partial charge on any atom is -0.382 e. The maximum atomic E-state index is 11.6. The highest BCUT2D eigenvalue weighted by molar-refractivity contribution is 7.91. The third kappa shape index (κ3) is 4.05. The summed E-state index contributed by atoms with van der Waals surface area (Å²) in [5.74, 6) is 0.323. The zero-order valence-corrected chi connectivity index (χ0v) is 13.2. The molecule has 1 aromatic carbocycles. The second-order valence-corrected chi connectivity index (χ2v) is 7.95. The van der Waals surface area contributed by atoms with E-state index in [4.69, 9.17) is 0 Å². The highest BCUT2D eigenvalue weighted by Crippen LogP contribution is 2.24. The summed E-state index contributed by atoms with van der Waals surface area (Å²) >= 11 is 1.58. The van der Waals surface area contributed by atoms with Gasteiger partial charge in [-0.2, -0.15) is 0 Å². The smallest absolute Gasteiger partial charge is 0.152 e. The van der Waals surface area contributed by atoms with Crippen molar-refractivity contribution in [3.05, 3.63) is 35.8 Å². The van der Waals surface area contributed by atoms with Crippen molar-refractivity contribution in [2.24, 2.45) is 0 Å². The number of hydrogen-bond acceptors (Lipinski definition) is 5. The van der Waals surface area contributed by atoms with E-state index in [1.807, 2.05) is 36.6 Å². The number of sulfone groups is 1. The molecule has 1 atom stereocenters. The number of anilines is 1. The normalized spacial score (nSPS) is 13.1. The average Bonchev–Trinajstić information content (AvgIpc) is 2.92. The van der Waals surface area contributed by atoms with Gasteiger partial charge >= 0.3 is 0 Å². The van der Waals surface area contributed by atoms with Crippen LogP contribution in [0.2, 0.25) is 0 Å². The van der Waals surface area contributed by atoms with Gasteiger partial charge in [-0.3, -0.25) is 0 Å². The summed E-state index contributed by atoms with van der Waals surface area (Å²) in [5.41, 5.74) is 1.95. The summed E-state index contributed by atoms with van der Waals surface area (Å²) in [4.78, 5) is 4.27. The predicted molar refractivity (Wildman–Crippen MR) is 85.0 cm³/mol. The van der Waals surface area contributed by atoms with Crippen LogP contribution in [0.25, 0.3) is 10.6 Å². The van der Waals surface area contributed by atoms with Crippen LogP contribution in [-0.4, -0.2) is 30.9 Å². The Balaban J connectivity index is 2.09. The van der Waals surface area contributed by atoms with E-state index in [0.717, 1.165) is 16.3 Å². The van der Waals surface area contributed by atoms with Crippen LogP contribution < -0.4 is 5.32 Å². The van der Waals surface area contributed by atoms with Crippen molar-refractivity contribution < 1.29 is 8.42 Å². The van der Waals surface area contributed by atoms with Crippen molar-refractivity contribution in [2.45, 2.75) is 19.9 Å². The summed E-state index contributed by atoms with van der Waals surface area (Å²) in [7, 11) is -2.96. The van der Waals surface area contributed by atoms with E-state index in [0.29, 0.717) is 0 Å². The molecule has 1 unspecified atom stereocenters. The SMILES string of the molecule is CCS(=O)(=O)CC(C)Nc1cccc(-c2nccs2)c1. The van der Waals surface area contributed by atoms with E-state index in [9.17, 15) is 8.42 Å². The molecule has 1 heterocycles. The molecule has 2 rings (SSSR count). The van der Waals surface area contributed by atoms with Gasteiger partial charge in [-0.1, -0.05) is 19.1 Å². The van der Waals surface area contributed by atoms with E-state index in [2.05, 4.69) is 10.3 Å². The van der Waals surface area contributed by atoms with E-state index in [1.165, 1.54) is 0 Å². The van der Waals surface area contributed by atoms with Crippen LogP contribution in [0.5, 0.6) is 0 Å². The standard InChI is InChI=1S/C14H18N2O2S2/c1-3-20(17,18)10-11(2)16-13-6-4-5-12(9-13)14-15-7-8-19-14/h4-9,11,16H,3,10H2,1-2H3. The Hall–Kier alpha value is -1.40. The number of hydrogen-bond donors (Lipinski definition) is 1. The molecule has 0 fully saturated rings. The fourth-order valence-corrected chi connectivity index (χ4v) is 3.65. The maximum Gasteiger partial charge on any atom is 0.152 e. The van der Waals surface area contributed by atoms with Crippen molar-refractivity contribution in [3.63, 3.8) is 0 Å². The van der Waals surface area contributed by atoms with Crippen molar-refractivity contribution in [1.29, 1.82) is 0 Å². The van der Waals surface area contributed by atoms with Gasteiger partial charge in [0.25, 0.3) is 0 Å². The first-order chi connectivity index (χ1) is 9.50. The van der Waals surface area contributed by atoms with Crippen molar-refractivity contribution in [3.8, 4) is 10.6 Å². The molecule has 0 spiro atoms. The Morgan fingerprint density at radius 3 is 2.85 bits per heavy atom. The molecule has 1 N–H and O–H groups in total. The Morgan fingerprint density at radius 2 is 2.20 bits per heavy atom. The molecule has 0 aliphatic carbocycles. The number of benzene rings is 1. The Kier molecular flexibility index (Phi) is 4.77. The Bertz CT molecular complexity index is 652. The van der Waals surface area contributed by atoms with Gasteiger partial charge in [0.1, 0.15) is 5.01 Å². The number of aromatic nitrogens is 1. The van der Waals surface area contributed by atoms with Gasteiger partial charge in [-0.25, -0.2) is 13.4 Å². The third-order valence-corrected chi connectivity index (χ3v) is 5.61. The van der Waals surface area contributed by atoms with E-state index < -0.39 is 9.84 Å². The monoisotopic (exact) mass is 310 g/mol. The molecule has 0 aliphatic heterocycles. The average molecular weight is 310 g/mol. The molecule has 1 aromatic heterocycles. The first-order valence-corrected chi connectivity index (χ1v) is 9.17. The van der Waals surface area contributed by atoms with Crippen molar-refractivity contribution in [2.75, 3.05) is 16.8 Å². The lowest BCUT2D eigenvalue weighted by atomic mass is 10.2. The van der Waals surface area contributed by atoms with Crippen LogP contribution >= 0.6 is 11.3 Å². The van der Waals surface area contributed by atoms with Crippen LogP contribution in [0.3, 0.4) is 0 Å². The van der Waals surface area contributed by atoms with Gasteiger partial charge in [0.2, 0.25) is 0 Å². The molecule has 0 bridgehead atoms. The molecule has 20 heavy (non-hydrogen) atoms. The van der Waals surface area contributed by atoms with E-state index in [-0.39, 0.29) is 17.5 Å². The van der Waals surface area contributed by atoms with Crippen LogP contribution in [0, 0.1) is 0 Å². The van der Waals surface area contributed by atoms with Crippen LogP contribution in [-0.2, 0) is 9.84 Å². The second-order valence-electron chi connectivity index (χ2n) is 4.66. The molecule has 0 saturated carbocycles. The lowest BCUT2D eigenvalue weighted by molar-refractivity contribution is 0.593. The van der Waals surface area contributed by atoms with E-state index >= 15 is 0 Å². The van der Waals surface area contributed by atoms with Crippen LogP contribution in [0.15, 0.2) is 35.8 Å². The Morgan fingerprint density at radius 1 is 1.40 bits per heavy atom. The highest BCUT2D eigenvalue weighted by atomic mass is 32.2. The van der Waals surface area contributed by atoms with Gasteiger partial charge in [-0.05, 0) is 19.1 Å². The minimum absolute atomic E-state index is 0.119. The van der Waals surface area contributed by atoms with E-state index in [1.54, 1.807) is 24.5 Å². The van der Waals surface area contributed by atoms with Crippen molar-refractivity contribution >= 4 is 26.9 Å². The molecule has 0 amide bonds. The first kappa shape index (κ1) is 15.0. The third-order valence-electron chi connectivity index (χ3n) is 2.90. The number of thiazole rings is 1. The molecule has 0 aliphatic rings. The molecule has 4 nitrogen and oxygen atoms in total. The second kappa shape index (κ2) is 6.37. The molecular formula is C14H18N2O2S2. The minimum atomic E-state index is -2.96. The lowest BCUT2D eigenvalue weighted by Crippen LogP contribution is -2.26. The van der Waals surface area contributed by atoms with Gasteiger partial charge in [0.15, 0.2) is 9.84 Å². The molecule has 2 aromatic rings. The maximum absolute atomic E-state index is 11.6. The number of nitrogens with one attached hydrogen (secondary N) is 1. The summed E-state index contributed by atoms with van der Waals surface area (Å²) in [6.45, 7) is 3.55. The predicted octanol–water partition coefficient (Wildman–Crippen LogP) is 3.05. The summed E-state index contributed by atoms with van der Waals surface area (Å²) in [6.07, 6.45) is 1.77. The molecule has 6 heteroatoms. The Labute approximate surface area is 123 Å². The first-order valence-electron chi connectivity index (χ1n) is 6.47. The number of nitrogens with zero attached hydrogens (tertiary/aromatic N) is 1. The molecular weight excluding hydrogens is 292 g/mol. The number of rotatable bonds is 6. The lowest BCUT2D eigenvalue weighted by Gasteiger charge is -2.15. The van der Waals surface area contributed by atoms with Crippen molar-refractivity contribution in [1.82, 2.24) is 4.98 Å². The van der Waals surface area contributed by atoms with Gasteiger partial charge in [-0.15, -0.1) is 11.3 Å². The zero-order chi connectivity index (χ0) is 14.6. The van der Waals surface area contributed by atoms with Gasteiger partial charge < -0.3 is 5.32 Å². The largest absolute Gasteiger partial charge is 0.382 e. The highest BCUT2D eigenvalue weighted by Gasteiger charge is 2.13. The fraction of sp³-hybridized carbons (Fsp3) is 0.357. The quantitative estimate of drug-likeness (QED) is 0.891. The van der Waals surface area contributed by atoms with Crippen LogP contribution in [0.1, 0.15) is 13.8 Å². The summed E-state index contributed by atoms with van der Waals surface area (Å²) < 4.78 is 23.2. The molecule has 108 valence electrons. The fourth-order valence-electron chi connectivity index (χ4n) is 1.93. The molecule has 0 saturated heterocycles. The van der Waals surface area contributed by atoms with Crippen LogP contribution in [0.4, 0.5) is 5.69 Å². The topological polar surface area (TPSA) is 59.1 Å². The summed E-state index contributed by atoms with van der Waals surface area (Å²) in [6, 6.07) is 7.75. The van der Waals surface area contributed by atoms with Gasteiger partial charge in [0.05, 0.1) is 5.75 Å².